The van der Waals surface area contributed by atoms with Gasteiger partial charge in [0.05, 0.1) is 16.9 Å². The SMILES string of the molecule is COc1ccc(S(=O)(=O)C(=Cc2ccc(O)c(O)c2)[N+](=O)[O-])cc1. The zero-order chi connectivity index (χ0) is 17.9. The summed E-state index contributed by atoms with van der Waals surface area (Å²) < 4.78 is 29.8. The first-order valence-electron chi connectivity index (χ1n) is 6.53. The molecular weight excluding hydrogens is 338 g/mol. The molecule has 0 aliphatic heterocycles. The predicted molar refractivity (Wildman–Crippen MR) is 84.9 cm³/mol. The van der Waals surface area contributed by atoms with E-state index in [1.54, 1.807) is 0 Å². The topological polar surface area (TPSA) is 127 Å². The van der Waals surface area contributed by atoms with Crippen LogP contribution in [0.4, 0.5) is 0 Å². The van der Waals surface area contributed by atoms with Crippen LogP contribution in [0.25, 0.3) is 6.08 Å². The van der Waals surface area contributed by atoms with Crippen molar-refractivity contribution in [1.29, 1.82) is 0 Å². The second-order valence-electron chi connectivity index (χ2n) is 4.67. The summed E-state index contributed by atoms with van der Waals surface area (Å²) in [6.07, 6.45) is 0.804. The normalized spacial score (nSPS) is 12.0. The lowest BCUT2D eigenvalue weighted by molar-refractivity contribution is -0.410. The molecule has 0 saturated heterocycles. The molecule has 8 nitrogen and oxygen atoms in total. The third kappa shape index (κ3) is 3.46. The first-order valence-corrected chi connectivity index (χ1v) is 8.01. The fourth-order valence-electron chi connectivity index (χ4n) is 1.88. The molecule has 2 N–H and O–H groups in total. The van der Waals surface area contributed by atoms with Gasteiger partial charge in [-0.15, -0.1) is 0 Å². The summed E-state index contributed by atoms with van der Waals surface area (Å²) in [5, 5.41) is 28.8. The highest BCUT2D eigenvalue weighted by atomic mass is 32.2. The average molecular weight is 351 g/mol. The number of nitro groups is 1. The number of benzene rings is 2. The van der Waals surface area contributed by atoms with Crippen LogP contribution in [-0.2, 0) is 9.84 Å². The molecule has 0 spiro atoms. The Morgan fingerprint density at radius 1 is 1.12 bits per heavy atom. The van der Waals surface area contributed by atoms with Gasteiger partial charge in [-0.05, 0) is 42.0 Å². The van der Waals surface area contributed by atoms with Crippen LogP contribution in [0.15, 0.2) is 52.4 Å². The maximum Gasteiger partial charge on any atom is 0.364 e. The van der Waals surface area contributed by atoms with Crippen molar-refractivity contribution < 1.29 is 28.3 Å². The van der Waals surface area contributed by atoms with Gasteiger partial charge < -0.3 is 14.9 Å². The van der Waals surface area contributed by atoms with Crippen molar-refractivity contribution in [1.82, 2.24) is 0 Å². The number of aromatic hydroxyl groups is 2. The van der Waals surface area contributed by atoms with Gasteiger partial charge in [0.15, 0.2) is 11.5 Å². The van der Waals surface area contributed by atoms with E-state index in [1.807, 2.05) is 0 Å². The van der Waals surface area contributed by atoms with Gasteiger partial charge in [0.25, 0.3) is 9.84 Å². The lowest BCUT2D eigenvalue weighted by Crippen LogP contribution is -2.12. The summed E-state index contributed by atoms with van der Waals surface area (Å²) >= 11 is 0. The van der Waals surface area contributed by atoms with Gasteiger partial charge in [-0.25, -0.2) is 8.42 Å². The Morgan fingerprint density at radius 2 is 1.75 bits per heavy atom. The van der Waals surface area contributed by atoms with Crippen LogP contribution < -0.4 is 4.74 Å². The van der Waals surface area contributed by atoms with Gasteiger partial charge in [-0.3, -0.25) is 10.1 Å². The van der Waals surface area contributed by atoms with E-state index in [0.29, 0.717) is 5.75 Å². The van der Waals surface area contributed by atoms with E-state index in [1.165, 1.54) is 37.4 Å². The molecule has 0 radical (unpaired) electrons. The molecule has 24 heavy (non-hydrogen) atoms. The number of phenols is 2. The Hall–Kier alpha value is -3.07. The Morgan fingerprint density at radius 3 is 2.25 bits per heavy atom. The third-order valence-corrected chi connectivity index (χ3v) is 4.82. The highest BCUT2D eigenvalue weighted by Crippen LogP contribution is 2.28. The predicted octanol–water partition coefficient (Wildman–Crippen LogP) is 2.16. The number of phenolic OH excluding ortho intramolecular Hbond substituents is 2. The highest BCUT2D eigenvalue weighted by molar-refractivity contribution is 7.95. The molecule has 0 fully saturated rings. The fraction of sp³-hybridized carbons (Fsp3) is 0.0667. The first-order chi connectivity index (χ1) is 11.3. The second kappa shape index (κ2) is 6.59. The number of rotatable bonds is 5. The maximum atomic E-state index is 12.5. The van der Waals surface area contributed by atoms with Gasteiger partial charge >= 0.3 is 5.03 Å². The Bertz CT molecular complexity index is 902. The van der Waals surface area contributed by atoms with E-state index in [4.69, 9.17) is 4.74 Å². The van der Waals surface area contributed by atoms with Crippen LogP contribution in [0.1, 0.15) is 5.56 Å². The summed E-state index contributed by atoms with van der Waals surface area (Å²) in [7, 11) is -2.98. The van der Waals surface area contributed by atoms with Crippen molar-refractivity contribution in [3.63, 3.8) is 0 Å². The van der Waals surface area contributed by atoms with Crippen LogP contribution in [0.2, 0.25) is 0 Å². The largest absolute Gasteiger partial charge is 0.504 e. The van der Waals surface area contributed by atoms with Crippen molar-refractivity contribution in [2.45, 2.75) is 4.90 Å². The molecule has 0 amide bonds. The van der Waals surface area contributed by atoms with Gasteiger partial charge in [-0.1, -0.05) is 6.07 Å². The summed E-state index contributed by atoms with van der Waals surface area (Å²) in [6, 6.07) is 8.48. The van der Waals surface area contributed by atoms with Gasteiger partial charge in [0.1, 0.15) is 5.75 Å². The molecule has 0 unspecified atom stereocenters. The monoisotopic (exact) mass is 351 g/mol. The molecule has 126 valence electrons. The standard InChI is InChI=1S/C15H13NO7S/c1-23-11-3-5-12(6-4-11)24(21,22)15(16(19)20)9-10-2-7-13(17)14(18)8-10/h2-9,17-18H,1H3. The average Bonchev–Trinajstić information content (AvgIpc) is 2.55. The summed E-state index contributed by atoms with van der Waals surface area (Å²) in [5.41, 5.74) is 0.0501. The van der Waals surface area contributed by atoms with Gasteiger partial charge in [0.2, 0.25) is 0 Å². The van der Waals surface area contributed by atoms with Crippen molar-refractivity contribution in [2.75, 3.05) is 7.11 Å². The lowest BCUT2D eigenvalue weighted by Gasteiger charge is -2.04. The number of hydrogen-bond acceptors (Lipinski definition) is 7. The van der Waals surface area contributed by atoms with Crippen molar-refractivity contribution >= 4 is 15.9 Å². The number of methoxy groups -OCH3 is 1. The quantitative estimate of drug-likeness (QED) is 0.480. The van der Waals surface area contributed by atoms with Crippen LogP contribution in [0.5, 0.6) is 17.2 Å². The molecular formula is C15H13NO7S. The fourth-order valence-corrected chi connectivity index (χ4v) is 3.10. The van der Waals surface area contributed by atoms with Crippen molar-refractivity contribution in [3.05, 3.63) is 63.2 Å². The van der Waals surface area contributed by atoms with E-state index < -0.39 is 31.3 Å². The second-order valence-corrected chi connectivity index (χ2v) is 6.56. The third-order valence-electron chi connectivity index (χ3n) is 3.11. The van der Waals surface area contributed by atoms with Crippen molar-refractivity contribution in [3.8, 4) is 17.2 Å². The smallest absolute Gasteiger partial charge is 0.364 e. The van der Waals surface area contributed by atoms with Crippen LogP contribution in [0.3, 0.4) is 0 Å². The highest BCUT2D eigenvalue weighted by Gasteiger charge is 2.31. The van der Waals surface area contributed by atoms with Crippen LogP contribution in [0, 0.1) is 10.1 Å². The minimum atomic E-state index is -4.38. The summed E-state index contributed by atoms with van der Waals surface area (Å²) in [5.74, 6) is -0.537. The van der Waals surface area contributed by atoms with E-state index >= 15 is 0 Å². The number of nitrogens with zero attached hydrogens (tertiary/aromatic N) is 1. The molecule has 0 aliphatic carbocycles. The molecule has 0 aromatic heterocycles. The molecule has 0 bridgehead atoms. The Kier molecular flexibility index (Phi) is 4.74. The molecule has 9 heteroatoms. The van der Waals surface area contributed by atoms with E-state index in [-0.39, 0.29) is 10.5 Å². The first kappa shape index (κ1) is 17.3. The molecule has 2 aromatic carbocycles. The van der Waals surface area contributed by atoms with Crippen LogP contribution >= 0.6 is 0 Å². The summed E-state index contributed by atoms with van der Waals surface area (Å²) in [4.78, 5) is 9.93. The molecule has 0 atom stereocenters. The van der Waals surface area contributed by atoms with Crippen LogP contribution in [-0.4, -0.2) is 30.7 Å². The zero-order valence-corrected chi connectivity index (χ0v) is 13.2. The minimum Gasteiger partial charge on any atom is -0.504 e. The Balaban J connectivity index is 2.54. The molecule has 0 aliphatic rings. The number of hydrogen-bond donors (Lipinski definition) is 2. The van der Waals surface area contributed by atoms with Gasteiger partial charge in [-0.2, -0.15) is 0 Å². The van der Waals surface area contributed by atoms with E-state index in [9.17, 15) is 28.7 Å². The van der Waals surface area contributed by atoms with Gasteiger partial charge in [0, 0.05) is 6.08 Å². The summed E-state index contributed by atoms with van der Waals surface area (Å²) in [6.45, 7) is 0. The molecule has 0 heterocycles. The minimum absolute atomic E-state index is 0.0501. The Labute approximate surface area is 137 Å². The lowest BCUT2D eigenvalue weighted by atomic mass is 10.2. The number of sulfone groups is 1. The molecule has 2 rings (SSSR count). The zero-order valence-electron chi connectivity index (χ0n) is 12.4. The van der Waals surface area contributed by atoms with Crippen molar-refractivity contribution in [2.24, 2.45) is 0 Å². The molecule has 2 aromatic rings. The maximum absolute atomic E-state index is 12.5. The molecule has 0 saturated carbocycles. The van der Waals surface area contributed by atoms with E-state index in [0.717, 1.165) is 18.2 Å². The number of ether oxygens (including phenoxy) is 1. The van der Waals surface area contributed by atoms with E-state index in [2.05, 4.69) is 0 Å².